The summed E-state index contributed by atoms with van der Waals surface area (Å²) >= 11 is 5.18. The van der Waals surface area contributed by atoms with Crippen molar-refractivity contribution in [1.82, 2.24) is 16.0 Å². The van der Waals surface area contributed by atoms with E-state index in [1.54, 1.807) is 0 Å². The first-order valence-electron chi connectivity index (χ1n) is 4.57. The van der Waals surface area contributed by atoms with Crippen molar-refractivity contribution in [1.29, 1.82) is 0 Å². The van der Waals surface area contributed by atoms with E-state index < -0.39 is 0 Å². The van der Waals surface area contributed by atoms with Crippen LogP contribution in [0.2, 0.25) is 0 Å². The quantitative estimate of drug-likeness (QED) is 0.463. The molecule has 2 rings (SSSR count). The SMILES string of the molecule is CC1NC2CCCNC2NC1=S. The molecule has 0 radical (unpaired) electrons. The second kappa shape index (κ2) is 3.28. The smallest absolute Gasteiger partial charge is 0.0935 e. The number of fused-ring (bicyclic) bond motifs is 1. The zero-order valence-corrected chi connectivity index (χ0v) is 8.08. The molecule has 2 fully saturated rings. The fraction of sp³-hybridized carbons (Fsp3) is 0.875. The van der Waals surface area contributed by atoms with Gasteiger partial charge in [0.25, 0.3) is 0 Å². The van der Waals surface area contributed by atoms with Crippen molar-refractivity contribution in [2.45, 2.75) is 38.0 Å². The molecule has 2 aliphatic rings. The molecule has 3 unspecified atom stereocenters. The predicted molar refractivity (Wildman–Crippen MR) is 53.1 cm³/mol. The third-order valence-electron chi connectivity index (χ3n) is 2.61. The normalized spacial score (nSPS) is 41.8. The summed E-state index contributed by atoms with van der Waals surface area (Å²) in [4.78, 5) is 0.936. The summed E-state index contributed by atoms with van der Waals surface area (Å²) in [7, 11) is 0. The third-order valence-corrected chi connectivity index (χ3v) is 3.09. The van der Waals surface area contributed by atoms with Gasteiger partial charge in [-0.25, -0.2) is 0 Å². The molecule has 0 aromatic carbocycles. The molecule has 0 aromatic heterocycles. The Balaban J connectivity index is 2.02. The van der Waals surface area contributed by atoms with Gasteiger partial charge in [-0.15, -0.1) is 0 Å². The number of hydrogen-bond donors (Lipinski definition) is 3. The summed E-state index contributed by atoms with van der Waals surface area (Å²) in [5, 5.41) is 10.2. The summed E-state index contributed by atoms with van der Waals surface area (Å²) in [5.41, 5.74) is 0. The van der Waals surface area contributed by atoms with E-state index in [0.717, 1.165) is 11.5 Å². The van der Waals surface area contributed by atoms with E-state index >= 15 is 0 Å². The lowest BCUT2D eigenvalue weighted by atomic mass is 10.0. The average Bonchev–Trinajstić information content (AvgIpc) is 2.07. The van der Waals surface area contributed by atoms with E-state index in [9.17, 15) is 0 Å². The number of thiocarbonyl (C=S) groups is 1. The maximum atomic E-state index is 5.18. The molecule has 3 atom stereocenters. The summed E-state index contributed by atoms with van der Waals surface area (Å²) in [6, 6.07) is 0.890. The Bertz CT molecular complexity index is 195. The van der Waals surface area contributed by atoms with Crippen LogP contribution < -0.4 is 16.0 Å². The van der Waals surface area contributed by atoms with Gasteiger partial charge in [-0.1, -0.05) is 12.2 Å². The summed E-state index contributed by atoms with van der Waals surface area (Å²) in [6.45, 7) is 3.22. The summed E-state index contributed by atoms with van der Waals surface area (Å²) in [6.07, 6.45) is 2.87. The van der Waals surface area contributed by atoms with Gasteiger partial charge >= 0.3 is 0 Å². The molecule has 4 heteroatoms. The highest BCUT2D eigenvalue weighted by Crippen LogP contribution is 2.11. The van der Waals surface area contributed by atoms with E-state index in [2.05, 4.69) is 22.9 Å². The van der Waals surface area contributed by atoms with Gasteiger partial charge in [-0.05, 0) is 26.3 Å². The van der Waals surface area contributed by atoms with Crippen LogP contribution in [-0.2, 0) is 0 Å². The lowest BCUT2D eigenvalue weighted by Gasteiger charge is -2.41. The highest BCUT2D eigenvalue weighted by atomic mass is 32.1. The van der Waals surface area contributed by atoms with Crippen LogP contribution in [0.25, 0.3) is 0 Å². The second-order valence-electron chi connectivity index (χ2n) is 3.58. The minimum absolute atomic E-state index is 0.334. The molecule has 68 valence electrons. The van der Waals surface area contributed by atoms with Crippen molar-refractivity contribution in [2.24, 2.45) is 0 Å². The molecule has 3 nitrogen and oxygen atoms in total. The standard InChI is InChI=1S/C8H15N3S/c1-5-8(12)11-7-6(10-5)3-2-4-9-7/h5-7,9-10H,2-4H2,1H3,(H,11,12). The van der Waals surface area contributed by atoms with Crippen LogP contribution in [0.4, 0.5) is 0 Å². The van der Waals surface area contributed by atoms with Crippen molar-refractivity contribution < 1.29 is 0 Å². The molecule has 2 saturated heterocycles. The topological polar surface area (TPSA) is 36.1 Å². The molecular weight excluding hydrogens is 170 g/mol. The Hall–Kier alpha value is -0.190. The molecule has 0 aromatic rings. The summed E-state index contributed by atoms with van der Waals surface area (Å²) in [5.74, 6) is 0. The monoisotopic (exact) mass is 185 g/mol. The van der Waals surface area contributed by atoms with Crippen LogP contribution in [0.5, 0.6) is 0 Å². The average molecular weight is 185 g/mol. The summed E-state index contributed by atoms with van der Waals surface area (Å²) < 4.78 is 0. The van der Waals surface area contributed by atoms with Crippen molar-refractivity contribution in [3.05, 3.63) is 0 Å². The first-order chi connectivity index (χ1) is 5.77. The molecule has 0 bridgehead atoms. The van der Waals surface area contributed by atoms with Gasteiger partial charge in [0.15, 0.2) is 0 Å². The predicted octanol–water partition coefficient (Wildman–Crippen LogP) is -0.0268. The molecule has 2 aliphatic heterocycles. The van der Waals surface area contributed by atoms with Crippen LogP contribution in [-0.4, -0.2) is 29.8 Å². The number of rotatable bonds is 0. The largest absolute Gasteiger partial charge is 0.362 e. The fourth-order valence-corrected chi connectivity index (χ4v) is 2.09. The van der Waals surface area contributed by atoms with Crippen molar-refractivity contribution in [3.8, 4) is 0 Å². The molecular formula is C8H15N3S. The Morgan fingerprint density at radius 1 is 1.50 bits per heavy atom. The van der Waals surface area contributed by atoms with E-state index in [1.165, 1.54) is 12.8 Å². The van der Waals surface area contributed by atoms with E-state index in [-0.39, 0.29) is 0 Å². The van der Waals surface area contributed by atoms with Crippen LogP contribution in [0, 0.1) is 0 Å². The first-order valence-corrected chi connectivity index (χ1v) is 4.98. The van der Waals surface area contributed by atoms with Gasteiger partial charge in [0, 0.05) is 6.04 Å². The molecule has 0 aliphatic carbocycles. The van der Waals surface area contributed by atoms with Gasteiger partial charge in [0.2, 0.25) is 0 Å². The van der Waals surface area contributed by atoms with E-state index in [4.69, 9.17) is 12.2 Å². The van der Waals surface area contributed by atoms with Gasteiger partial charge in [-0.3, -0.25) is 5.32 Å². The van der Waals surface area contributed by atoms with Crippen LogP contribution >= 0.6 is 12.2 Å². The maximum Gasteiger partial charge on any atom is 0.0935 e. The van der Waals surface area contributed by atoms with E-state index in [0.29, 0.717) is 18.2 Å². The van der Waals surface area contributed by atoms with Crippen molar-refractivity contribution >= 4 is 17.2 Å². The lowest BCUT2D eigenvalue weighted by Crippen LogP contribution is -2.68. The number of nitrogens with one attached hydrogen (secondary N) is 3. The van der Waals surface area contributed by atoms with Crippen molar-refractivity contribution in [3.63, 3.8) is 0 Å². The molecule has 12 heavy (non-hydrogen) atoms. The Kier molecular flexibility index (Phi) is 2.30. The van der Waals surface area contributed by atoms with Crippen LogP contribution in [0.3, 0.4) is 0 Å². The number of hydrogen-bond acceptors (Lipinski definition) is 3. The van der Waals surface area contributed by atoms with Crippen LogP contribution in [0.1, 0.15) is 19.8 Å². The fourth-order valence-electron chi connectivity index (χ4n) is 1.89. The Morgan fingerprint density at radius 3 is 3.17 bits per heavy atom. The molecule has 0 saturated carbocycles. The number of piperidine rings is 1. The Labute approximate surface area is 78.3 Å². The lowest BCUT2D eigenvalue weighted by molar-refractivity contribution is 0.261. The van der Waals surface area contributed by atoms with Crippen molar-refractivity contribution in [2.75, 3.05) is 6.54 Å². The second-order valence-corrected chi connectivity index (χ2v) is 4.02. The maximum absolute atomic E-state index is 5.18. The highest BCUT2D eigenvalue weighted by molar-refractivity contribution is 7.80. The highest BCUT2D eigenvalue weighted by Gasteiger charge is 2.31. The molecule has 0 spiro atoms. The minimum Gasteiger partial charge on any atom is -0.362 e. The van der Waals surface area contributed by atoms with Gasteiger partial charge in [0.1, 0.15) is 0 Å². The molecule has 3 N–H and O–H groups in total. The van der Waals surface area contributed by atoms with Crippen LogP contribution in [0.15, 0.2) is 0 Å². The minimum atomic E-state index is 0.334. The van der Waals surface area contributed by atoms with E-state index in [1.807, 2.05) is 0 Å². The van der Waals surface area contributed by atoms with Gasteiger partial charge in [-0.2, -0.15) is 0 Å². The van der Waals surface area contributed by atoms with Gasteiger partial charge in [0.05, 0.1) is 17.2 Å². The number of piperazine rings is 1. The zero-order valence-electron chi connectivity index (χ0n) is 7.26. The third kappa shape index (κ3) is 1.46. The Morgan fingerprint density at radius 2 is 2.33 bits per heavy atom. The van der Waals surface area contributed by atoms with Gasteiger partial charge < -0.3 is 10.6 Å². The first kappa shape index (κ1) is 8.41. The zero-order chi connectivity index (χ0) is 8.55. The molecule has 0 amide bonds. The molecule has 2 heterocycles.